The predicted molar refractivity (Wildman–Crippen MR) is 69.5 cm³/mol. The van der Waals surface area contributed by atoms with Crippen molar-refractivity contribution in [2.75, 3.05) is 0 Å². The molecule has 0 bridgehead atoms. The molecule has 17 heavy (non-hydrogen) atoms. The fourth-order valence-corrected chi connectivity index (χ4v) is 2.81. The molecular formula is C12H11NO2S2. The van der Waals surface area contributed by atoms with Gasteiger partial charge in [-0.3, -0.25) is 4.79 Å². The summed E-state index contributed by atoms with van der Waals surface area (Å²) in [5.74, 6) is 0.0507. The maximum absolute atomic E-state index is 10.5. The normalized spacial score (nSPS) is 10.4. The van der Waals surface area contributed by atoms with Gasteiger partial charge in [0, 0.05) is 16.0 Å². The fraction of sp³-hybridized carbons (Fsp3) is 0.167. The number of hydrogen-bond acceptors (Lipinski definition) is 4. The molecule has 2 aromatic rings. The second kappa shape index (κ2) is 5.84. The van der Waals surface area contributed by atoms with E-state index >= 15 is 0 Å². The van der Waals surface area contributed by atoms with Crippen LogP contribution in [-0.2, 0) is 17.0 Å². The molecule has 0 amide bonds. The van der Waals surface area contributed by atoms with Crippen molar-refractivity contribution in [3.05, 3.63) is 46.4 Å². The predicted octanol–water partition coefficient (Wildman–Crippen LogP) is 3.06. The Morgan fingerprint density at radius 1 is 1.35 bits per heavy atom. The number of thioether (sulfide) groups is 1. The van der Waals surface area contributed by atoms with Gasteiger partial charge in [-0.1, -0.05) is 12.1 Å². The number of nitrogens with zero attached hydrogens (tertiary/aromatic N) is 1. The van der Waals surface area contributed by atoms with Crippen LogP contribution >= 0.6 is 23.1 Å². The lowest BCUT2D eigenvalue weighted by atomic mass is 10.2. The first-order chi connectivity index (χ1) is 8.24. The minimum Gasteiger partial charge on any atom is -0.481 e. The third-order valence-corrected chi connectivity index (χ3v) is 3.83. The van der Waals surface area contributed by atoms with E-state index in [0.29, 0.717) is 0 Å². The first-order valence-corrected chi connectivity index (χ1v) is 6.97. The molecule has 2 rings (SSSR count). The SMILES string of the molecule is O=C(O)Cc1ccc(SCc2cscn2)cc1. The second-order valence-electron chi connectivity index (χ2n) is 3.48. The van der Waals surface area contributed by atoms with Crippen LogP contribution in [-0.4, -0.2) is 16.1 Å². The Kier molecular flexibility index (Phi) is 4.17. The monoisotopic (exact) mass is 265 g/mol. The van der Waals surface area contributed by atoms with E-state index in [9.17, 15) is 4.79 Å². The largest absolute Gasteiger partial charge is 0.481 e. The molecule has 0 fully saturated rings. The molecule has 0 aliphatic rings. The van der Waals surface area contributed by atoms with Crippen molar-refractivity contribution in [2.24, 2.45) is 0 Å². The highest BCUT2D eigenvalue weighted by Crippen LogP contribution is 2.23. The van der Waals surface area contributed by atoms with E-state index in [4.69, 9.17) is 5.11 Å². The Bertz CT molecular complexity index is 480. The van der Waals surface area contributed by atoms with E-state index in [-0.39, 0.29) is 6.42 Å². The number of carboxylic acids is 1. The average molecular weight is 265 g/mol. The standard InChI is InChI=1S/C12H11NO2S2/c14-12(15)5-9-1-3-11(4-2-9)17-7-10-6-16-8-13-10/h1-4,6,8H,5,7H2,(H,14,15). The first-order valence-electron chi connectivity index (χ1n) is 5.04. The minimum atomic E-state index is -0.798. The lowest BCUT2D eigenvalue weighted by Gasteiger charge is -2.01. The number of carbonyl (C=O) groups is 1. The summed E-state index contributed by atoms with van der Waals surface area (Å²) in [4.78, 5) is 15.9. The zero-order chi connectivity index (χ0) is 12.1. The Hall–Kier alpha value is -1.33. The number of benzene rings is 1. The van der Waals surface area contributed by atoms with Crippen LogP contribution in [0, 0.1) is 0 Å². The summed E-state index contributed by atoms with van der Waals surface area (Å²) in [5.41, 5.74) is 3.73. The van der Waals surface area contributed by atoms with Crippen molar-refractivity contribution in [1.29, 1.82) is 0 Å². The van der Waals surface area contributed by atoms with Crippen LogP contribution in [0.15, 0.2) is 40.1 Å². The molecule has 3 nitrogen and oxygen atoms in total. The molecule has 5 heteroatoms. The molecule has 1 aromatic heterocycles. The number of carboxylic acid groups (broad SMARTS) is 1. The van der Waals surface area contributed by atoms with Crippen LogP contribution in [0.5, 0.6) is 0 Å². The van der Waals surface area contributed by atoms with Gasteiger partial charge < -0.3 is 5.11 Å². The highest BCUT2D eigenvalue weighted by molar-refractivity contribution is 7.98. The molecule has 1 aromatic carbocycles. The molecule has 1 heterocycles. The molecule has 88 valence electrons. The summed E-state index contributed by atoms with van der Waals surface area (Å²) >= 11 is 3.30. The van der Waals surface area contributed by atoms with Gasteiger partial charge in [0.2, 0.25) is 0 Å². The lowest BCUT2D eigenvalue weighted by molar-refractivity contribution is -0.136. The Balaban J connectivity index is 1.91. The topological polar surface area (TPSA) is 50.2 Å². The van der Waals surface area contributed by atoms with E-state index in [1.165, 1.54) is 0 Å². The summed E-state index contributed by atoms with van der Waals surface area (Å²) < 4.78 is 0. The van der Waals surface area contributed by atoms with Gasteiger partial charge in [0.05, 0.1) is 17.6 Å². The van der Waals surface area contributed by atoms with Crippen LogP contribution in [0.4, 0.5) is 0 Å². The molecule has 0 radical (unpaired) electrons. The Morgan fingerprint density at radius 3 is 2.71 bits per heavy atom. The maximum Gasteiger partial charge on any atom is 0.307 e. The molecule has 1 N–H and O–H groups in total. The van der Waals surface area contributed by atoms with E-state index in [2.05, 4.69) is 4.98 Å². The molecule has 0 atom stereocenters. The van der Waals surface area contributed by atoms with Gasteiger partial charge in [0.1, 0.15) is 0 Å². The maximum atomic E-state index is 10.5. The molecule has 0 spiro atoms. The molecule has 0 aliphatic carbocycles. The van der Waals surface area contributed by atoms with Gasteiger partial charge in [-0.25, -0.2) is 4.98 Å². The summed E-state index contributed by atoms with van der Waals surface area (Å²) in [7, 11) is 0. The molecule has 0 aliphatic heterocycles. The number of aromatic nitrogens is 1. The van der Waals surface area contributed by atoms with E-state index in [1.807, 2.05) is 35.2 Å². The van der Waals surface area contributed by atoms with E-state index in [0.717, 1.165) is 21.9 Å². The van der Waals surface area contributed by atoms with Gasteiger partial charge in [-0.15, -0.1) is 23.1 Å². The van der Waals surface area contributed by atoms with Gasteiger partial charge in [0.25, 0.3) is 0 Å². The quantitative estimate of drug-likeness (QED) is 0.844. The van der Waals surface area contributed by atoms with Gasteiger partial charge in [0.15, 0.2) is 0 Å². The van der Waals surface area contributed by atoms with Crippen molar-refractivity contribution in [3.8, 4) is 0 Å². The van der Waals surface area contributed by atoms with Gasteiger partial charge >= 0.3 is 5.97 Å². The summed E-state index contributed by atoms with van der Waals surface area (Å²) in [6.07, 6.45) is 0.0804. The van der Waals surface area contributed by atoms with E-state index < -0.39 is 5.97 Å². The fourth-order valence-electron chi connectivity index (χ4n) is 1.34. The highest BCUT2D eigenvalue weighted by atomic mass is 32.2. The number of rotatable bonds is 5. The summed E-state index contributed by atoms with van der Waals surface area (Å²) in [6.45, 7) is 0. The second-order valence-corrected chi connectivity index (χ2v) is 5.25. The number of aliphatic carboxylic acids is 1. The average Bonchev–Trinajstić information content (AvgIpc) is 2.80. The van der Waals surface area contributed by atoms with Crippen LogP contribution in [0.1, 0.15) is 11.3 Å². The minimum absolute atomic E-state index is 0.0804. The van der Waals surface area contributed by atoms with Crippen molar-refractivity contribution in [1.82, 2.24) is 4.98 Å². The van der Waals surface area contributed by atoms with Crippen molar-refractivity contribution >= 4 is 29.1 Å². The van der Waals surface area contributed by atoms with Crippen molar-refractivity contribution < 1.29 is 9.90 Å². The van der Waals surface area contributed by atoms with Crippen molar-refractivity contribution in [3.63, 3.8) is 0 Å². The van der Waals surface area contributed by atoms with Crippen LogP contribution in [0.3, 0.4) is 0 Å². The highest BCUT2D eigenvalue weighted by Gasteiger charge is 2.01. The summed E-state index contributed by atoms with van der Waals surface area (Å²) in [6, 6.07) is 7.62. The number of thiazole rings is 1. The first kappa shape index (κ1) is 12.1. The Morgan fingerprint density at radius 2 is 2.12 bits per heavy atom. The summed E-state index contributed by atoms with van der Waals surface area (Å²) in [5, 5.41) is 10.7. The molecule has 0 unspecified atom stereocenters. The van der Waals surface area contributed by atoms with Crippen LogP contribution in [0.25, 0.3) is 0 Å². The molecule has 0 saturated heterocycles. The van der Waals surface area contributed by atoms with Gasteiger partial charge in [-0.2, -0.15) is 0 Å². The van der Waals surface area contributed by atoms with Crippen LogP contribution < -0.4 is 0 Å². The zero-order valence-corrected chi connectivity index (χ0v) is 10.6. The van der Waals surface area contributed by atoms with Gasteiger partial charge in [-0.05, 0) is 17.7 Å². The molecule has 0 saturated carbocycles. The van der Waals surface area contributed by atoms with Crippen molar-refractivity contribution in [2.45, 2.75) is 17.1 Å². The zero-order valence-electron chi connectivity index (χ0n) is 9.00. The van der Waals surface area contributed by atoms with E-state index in [1.54, 1.807) is 23.1 Å². The molecular weight excluding hydrogens is 254 g/mol. The smallest absolute Gasteiger partial charge is 0.307 e. The number of hydrogen-bond donors (Lipinski definition) is 1. The third-order valence-electron chi connectivity index (χ3n) is 2.15. The third kappa shape index (κ3) is 3.87. The Labute approximate surface area is 108 Å². The van der Waals surface area contributed by atoms with Crippen LogP contribution in [0.2, 0.25) is 0 Å². The lowest BCUT2D eigenvalue weighted by Crippen LogP contribution is -1.99.